The fourth-order valence-corrected chi connectivity index (χ4v) is 1.13. The Hall–Kier alpha value is -2.24. The molecular weight excluding hydrogens is 198 g/mol. The first-order valence-electron chi connectivity index (χ1n) is 4.34. The average molecular weight is 207 g/mol. The molecule has 0 aliphatic carbocycles. The van der Waals surface area contributed by atoms with E-state index < -0.39 is 11.4 Å². The van der Waals surface area contributed by atoms with Crippen LogP contribution in [0.3, 0.4) is 0 Å². The van der Waals surface area contributed by atoms with Crippen molar-refractivity contribution in [3.8, 4) is 0 Å². The van der Waals surface area contributed by atoms with E-state index in [-0.39, 0.29) is 6.61 Å². The number of rotatable bonds is 3. The number of nitrogens with one attached hydrogen (secondary N) is 2. The summed E-state index contributed by atoms with van der Waals surface area (Å²) in [6.45, 7) is 0.168. The second-order valence-electron chi connectivity index (χ2n) is 2.91. The third kappa shape index (κ3) is 1.98. The molecule has 78 valence electrons. The van der Waals surface area contributed by atoms with E-state index in [2.05, 4.69) is 10.2 Å². The fraction of sp³-hybridized carbons (Fsp3) is 0.111. The van der Waals surface area contributed by atoms with E-state index in [1.807, 2.05) is 30.3 Å². The maximum atomic E-state index is 11.0. The van der Waals surface area contributed by atoms with Gasteiger partial charge in [0.2, 0.25) is 0 Å². The molecule has 2 aromatic rings. The SMILES string of the molecule is O=c1[nH][nH]c(=O)n1OCc1ccccc1. The van der Waals surface area contributed by atoms with E-state index in [0.29, 0.717) is 4.73 Å². The van der Waals surface area contributed by atoms with Gasteiger partial charge < -0.3 is 4.84 Å². The standard InChI is InChI=1S/C9H9N3O3/c13-8-10-11-9(14)12(8)15-6-7-4-2-1-3-5-7/h1-5H,6H2,(H,10,13)(H,11,14). The minimum absolute atomic E-state index is 0.168. The minimum Gasteiger partial charge on any atom is -0.400 e. The zero-order valence-electron chi connectivity index (χ0n) is 7.77. The Morgan fingerprint density at radius 3 is 2.27 bits per heavy atom. The van der Waals surface area contributed by atoms with Gasteiger partial charge in [0.1, 0.15) is 6.61 Å². The minimum atomic E-state index is -0.615. The quantitative estimate of drug-likeness (QED) is 0.711. The summed E-state index contributed by atoms with van der Waals surface area (Å²) < 4.78 is 0.646. The van der Waals surface area contributed by atoms with Gasteiger partial charge in [-0.1, -0.05) is 35.1 Å². The van der Waals surface area contributed by atoms with Crippen LogP contribution in [0.5, 0.6) is 0 Å². The topological polar surface area (TPSA) is 79.9 Å². The molecule has 0 bridgehead atoms. The highest BCUT2D eigenvalue weighted by Gasteiger charge is 2.02. The average Bonchev–Trinajstić information content (AvgIpc) is 2.58. The zero-order valence-corrected chi connectivity index (χ0v) is 7.77. The van der Waals surface area contributed by atoms with Crippen LogP contribution in [0.2, 0.25) is 0 Å². The first kappa shape index (κ1) is 9.32. The molecule has 0 aliphatic rings. The molecule has 0 unspecified atom stereocenters. The van der Waals surface area contributed by atoms with E-state index in [1.165, 1.54) is 0 Å². The molecule has 2 N–H and O–H groups in total. The highest BCUT2D eigenvalue weighted by atomic mass is 16.7. The van der Waals surface area contributed by atoms with Crippen LogP contribution in [0.15, 0.2) is 39.9 Å². The Morgan fingerprint density at radius 2 is 1.67 bits per heavy atom. The summed E-state index contributed by atoms with van der Waals surface area (Å²) in [5.41, 5.74) is -0.350. The van der Waals surface area contributed by atoms with Gasteiger partial charge in [-0.3, -0.25) is 0 Å². The number of nitrogens with zero attached hydrogens (tertiary/aromatic N) is 1. The van der Waals surface area contributed by atoms with Gasteiger partial charge in [-0.25, -0.2) is 19.8 Å². The maximum absolute atomic E-state index is 11.0. The number of benzene rings is 1. The largest absolute Gasteiger partial charge is 0.400 e. The first-order chi connectivity index (χ1) is 7.27. The van der Waals surface area contributed by atoms with E-state index in [4.69, 9.17) is 4.84 Å². The molecule has 0 saturated heterocycles. The van der Waals surface area contributed by atoms with E-state index in [1.54, 1.807) is 0 Å². The van der Waals surface area contributed by atoms with Gasteiger partial charge in [0.05, 0.1) is 0 Å². The number of hydrogen-bond acceptors (Lipinski definition) is 3. The normalized spacial score (nSPS) is 10.1. The van der Waals surface area contributed by atoms with Crippen LogP contribution in [0, 0.1) is 0 Å². The Balaban J connectivity index is 2.12. The van der Waals surface area contributed by atoms with Gasteiger partial charge in [-0.15, -0.1) is 0 Å². The van der Waals surface area contributed by atoms with Crippen molar-refractivity contribution >= 4 is 0 Å². The zero-order chi connectivity index (χ0) is 10.7. The third-order valence-corrected chi connectivity index (χ3v) is 1.85. The van der Waals surface area contributed by atoms with Crippen molar-refractivity contribution in [2.75, 3.05) is 0 Å². The predicted molar refractivity (Wildman–Crippen MR) is 52.4 cm³/mol. The van der Waals surface area contributed by atoms with Crippen molar-refractivity contribution in [1.29, 1.82) is 0 Å². The van der Waals surface area contributed by atoms with Crippen molar-refractivity contribution in [2.24, 2.45) is 0 Å². The molecule has 15 heavy (non-hydrogen) atoms. The highest BCUT2D eigenvalue weighted by Crippen LogP contribution is 1.97. The summed E-state index contributed by atoms with van der Waals surface area (Å²) in [4.78, 5) is 27.0. The lowest BCUT2D eigenvalue weighted by atomic mass is 10.2. The molecular formula is C9H9N3O3. The monoisotopic (exact) mass is 207 g/mol. The molecule has 0 aliphatic heterocycles. The number of hydrogen-bond donors (Lipinski definition) is 2. The summed E-state index contributed by atoms with van der Waals surface area (Å²) in [5.74, 6) is 0. The Morgan fingerprint density at radius 1 is 1.07 bits per heavy atom. The van der Waals surface area contributed by atoms with Crippen molar-refractivity contribution < 1.29 is 4.84 Å². The first-order valence-corrected chi connectivity index (χ1v) is 4.34. The lowest BCUT2D eigenvalue weighted by Gasteiger charge is -2.02. The van der Waals surface area contributed by atoms with Crippen LogP contribution in [0.1, 0.15) is 5.56 Å². The molecule has 1 heterocycles. The molecule has 0 spiro atoms. The highest BCUT2D eigenvalue weighted by molar-refractivity contribution is 5.13. The van der Waals surface area contributed by atoms with Crippen LogP contribution in [0.25, 0.3) is 0 Å². The van der Waals surface area contributed by atoms with E-state index >= 15 is 0 Å². The van der Waals surface area contributed by atoms with Crippen LogP contribution in [-0.4, -0.2) is 14.9 Å². The summed E-state index contributed by atoms with van der Waals surface area (Å²) in [7, 11) is 0. The summed E-state index contributed by atoms with van der Waals surface area (Å²) in [5, 5.41) is 4.24. The second kappa shape index (κ2) is 3.87. The number of aromatic nitrogens is 3. The Kier molecular flexibility index (Phi) is 2.40. The molecule has 0 radical (unpaired) electrons. The maximum Gasteiger partial charge on any atom is 0.378 e. The molecule has 1 aromatic heterocycles. The number of aromatic amines is 2. The van der Waals surface area contributed by atoms with Crippen molar-refractivity contribution in [3.05, 3.63) is 56.9 Å². The van der Waals surface area contributed by atoms with E-state index in [0.717, 1.165) is 5.56 Å². The van der Waals surface area contributed by atoms with Crippen LogP contribution < -0.4 is 16.2 Å². The summed E-state index contributed by atoms with van der Waals surface area (Å²) in [6, 6.07) is 9.25. The van der Waals surface area contributed by atoms with Crippen LogP contribution in [-0.2, 0) is 6.61 Å². The second-order valence-corrected chi connectivity index (χ2v) is 2.91. The Bertz CT molecular complexity index is 510. The molecule has 0 amide bonds. The lowest BCUT2D eigenvalue weighted by molar-refractivity contribution is 0.0825. The van der Waals surface area contributed by atoms with Gasteiger partial charge in [-0.2, -0.15) is 0 Å². The third-order valence-electron chi connectivity index (χ3n) is 1.85. The molecule has 0 fully saturated rings. The Labute approximate surface area is 84.1 Å². The summed E-state index contributed by atoms with van der Waals surface area (Å²) >= 11 is 0. The fourth-order valence-electron chi connectivity index (χ4n) is 1.13. The van der Waals surface area contributed by atoms with Gasteiger partial charge in [0.15, 0.2) is 0 Å². The predicted octanol–water partition coefficient (Wildman–Crippen LogP) is -0.506. The molecule has 0 atom stereocenters. The molecule has 6 heteroatoms. The van der Waals surface area contributed by atoms with Crippen LogP contribution in [0.4, 0.5) is 0 Å². The van der Waals surface area contributed by atoms with E-state index in [9.17, 15) is 9.59 Å². The van der Waals surface area contributed by atoms with Gasteiger partial charge >= 0.3 is 11.4 Å². The molecule has 1 aromatic carbocycles. The molecule has 6 nitrogen and oxygen atoms in total. The van der Waals surface area contributed by atoms with Gasteiger partial charge in [0, 0.05) is 0 Å². The molecule has 2 rings (SSSR count). The lowest BCUT2D eigenvalue weighted by Crippen LogP contribution is -2.32. The van der Waals surface area contributed by atoms with Crippen LogP contribution >= 0.6 is 0 Å². The van der Waals surface area contributed by atoms with Crippen molar-refractivity contribution in [3.63, 3.8) is 0 Å². The van der Waals surface area contributed by atoms with Crippen molar-refractivity contribution in [1.82, 2.24) is 14.9 Å². The van der Waals surface area contributed by atoms with Crippen molar-refractivity contribution in [2.45, 2.75) is 6.61 Å². The van der Waals surface area contributed by atoms with Gasteiger partial charge in [-0.05, 0) is 5.56 Å². The molecule has 0 saturated carbocycles. The smallest absolute Gasteiger partial charge is 0.378 e. The van der Waals surface area contributed by atoms with Gasteiger partial charge in [0.25, 0.3) is 0 Å². The number of H-pyrrole nitrogens is 2. The summed E-state index contributed by atoms with van der Waals surface area (Å²) in [6.07, 6.45) is 0.